The normalized spacial score (nSPS) is 22.3. The highest BCUT2D eigenvalue weighted by Crippen LogP contribution is 2.46. The number of carbonyl (C=O) groups is 4. The monoisotopic (exact) mass is 536 g/mol. The number of rotatable bonds is 9. The van der Waals surface area contributed by atoms with Gasteiger partial charge in [-0.15, -0.1) is 0 Å². The minimum absolute atomic E-state index is 0.0140. The number of aliphatic hydroxyl groups excluding tert-OH is 1. The van der Waals surface area contributed by atoms with E-state index >= 15 is 0 Å². The van der Waals surface area contributed by atoms with E-state index in [4.69, 9.17) is 9.47 Å². The van der Waals surface area contributed by atoms with Crippen molar-refractivity contribution < 1.29 is 33.8 Å². The van der Waals surface area contributed by atoms with Gasteiger partial charge < -0.3 is 19.9 Å². The highest BCUT2D eigenvalue weighted by atomic mass is 16.5. The smallest absolute Gasteiger partial charge is 0.408 e. The second-order valence-corrected chi connectivity index (χ2v) is 10.6. The predicted octanol–water partition coefficient (Wildman–Crippen LogP) is 3.73. The molecule has 1 saturated heterocycles. The Labute approximate surface area is 228 Å². The lowest BCUT2D eigenvalue weighted by molar-refractivity contribution is -0.171. The van der Waals surface area contributed by atoms with Gasteiger partial charge in [-0.2, -0.15) is 0 Å². The maximum absolute atomic E-state index is 13.2. The first-order chi connectivity index (χ1) is 18.8. The van der Waals surface area contributed by atoms with Gasteiger partial charge in [0.05, 0.1) is 11.5 Å². The number of nitrogens with zero attached hydrogens (tertiary/aromatic N) is 1. The van der Waals surface area contributed by atoms with Crippen molar-refractivity contribution in [2.45, 2.75) is 70.8 Å². The van der Waals surface area contributed by atoms with Crippen molar-refractivity contribution in [1.82, 2.24) is 10.2 Å². The fraction of sp³-hybridized carbons (Fsp3) is 0.467. The molecule has 4 atom stereocenters. The Morgan fingerprint density at radius 1 is 0.974 bits per heavy atom. The summed E-state index contributed by atoms with van der Waals surface area (Å²) >= 11 is 0. The van der Waals surface area contributed by atoms with Gasteiger partial charge in [-0.25, -0.2) is 4.79 Å². The summed E-state index contributed by atoms with van der Waals surface area (Å²) < 4.78 is 10.6. The SMILES string of the molecule is CC(O)C(NC(=O)OCc1ccccc1)C(=O)N1CC2(CCCC(CC(=O)OCc3ccccc3)CC2)C1=O. The number of hydrogen-bond donors (Lipinski definition) is 2. The Morgan fingerprint density at radius 3 is 2.18 bits per heavy atom. The van der Waals surface area contributed by atoms with E-state index in [0.717, 1.165) is 28.9 Å². The van der Waals surface area contributed by atoms with Crippen LogP contribution in [0.5, 0.6) is 0 Å². The van der Waals surface area contributed by atoms with Gasteiger partial charge >= 0.3 is 12.1 Å². The van der Waals surface area contributed by atoms with E-state index in [2.05, 4.69) is 5.32 Å². The minimum Gasteiger partial charge on any atom is -0.461 e. The lowest BCUT2D eigenvalue weighted by Gasteiger charge is -2.48. The van der Waals surface area contributed by atoms with Gasteiger partial charge in [0.15, 0.2) is 0 Å². The van der Waals surface area contributed by atoms with Crippen molar-refractivity contribution in [3.05, 3.63) is 71.8 Å². The van der Waals surface area contributed by atoms with Gasteiger partial charge in [0, 0.05) is 13.0 Å². The molecule has 2 fully saturated rings. The van der Waals surface area contributed by atoms with Crippen LogP contribution in [0.3, 0.4) is 0 Å². The predicted molar refractivity (Wildman–Crippen MR) is 142 cm³/mol. The largest absolute Gasteiger partial charge is 0.461 e. The van der Waals surface area contributed by atoms with E-state index in [1.807, 2.05) is 48.5 Å². The van der Waals surface area contributed by atoms with Crippen LogP contribution in [-0.2, 0) is 37.1 Å². The van der Waals surface area contributed by atoms with Crippen molar-refractivity contribution in [3.63, 3.8) is 0 Å². The summed E-state index contributed by atoms with van der Waals surface area (Å²) in [5, 5.41) is 12.6. The fourth-order valence-corrected chi connectivity index (χ4v) is 5.35. The number of amides is 3. The minimum atomic E-state index is -1.30. The molecule has 1 aliphatic carbocycles. The molecule has 0 radical (unpaired) electrons. The number of hydrogen-bond acceptors (Lipinski definition) is 7. The van der Waals surface area contributed by atoms with Crippen molar-refractivity contribution in [1.29, 1.82) is 0 Å². The molecule has 9 heteroatoms. The molecule has 4 rings (SSSR count). The van der Waals surface area contributed by atoms with Gasteiger partial charge in [-0.05, 0) is 49.7 Å². The third-order valence-electron chi connectivity index (χ3n) is 7.66. The summed E-state index contributed by atoms with van der Waals surface area (Å²) in [6.45, 7) is 1.87. The van der Waals surface area contributed by atoms with Crippen LogP contribution in [0.25, 0.3) is 0 Å². The van der Waals surface area contributed by atoms with Crippen molar-refractivity contribution in [3.8, 4) is 0 Å². The number of esters is 1. The van der Waals surface area contributed by atoms with Crippen LogP contribution in [-0.4, -0.2) is 52.6 Å². The molecule has 0 bridgehead atoms. The highest BCUT2D eigenvalue weighted by molar-refractivity contribution is 6.05. The second-order valence-electron chi connectivity index (χ2n) is 10.6. The number of nitrogens with one attached hydrogen (secondary N) is 1. The van der Waals surface area contributed by atoms with Gasteiger partial charge in [-0.1, -0.05) is 67.1 Å². The van der Waals surface area contributed by atoms with Crippen LogP contribution < -0.4 is 5.32 Å². The molecule has 1 saturated carbocycles. The first-order valence-electron chi connectivity index (χ1n) is 13.5. The van der Waals surface area contributed by atoms with E-state index in [1.165, 1.54) is 6.92 Å². The molecule has 2 aliphatic rings. The van der Waals surface area contributed by atoms with E-state index in [9.17, 15) is 24.3 Å². The average molecular weight is 537 g/mol. The number of carbonyl (C=O) groups excluding carboxylic acids is 4. The molecule has 1 heterocycles. The number of aliphatic hydroxyl groups is 1. The van der Waals surface area contributed by atoms with Gasteiger partial charge in [0.1, 0.15) is 19.3 Å². The number of β-lactam (4-membered cyclic amide) rings is 1. The third kappa shape index (κ3) is 7.23. The van der Waals surface area contributed by atoms with Crippen LogP contribution in [0.2, 0.25) is 0 Å². The van der Waals surface area contributed by atoms with Crippen molar-refractivity contribution in [2.24, 2.45) is 11.3 Å². The average Bonchev–Trinajstić information content (AvgIpc) is 3.16. The summed E-state index contributed by atoms with van der Waals surface area (Å²) in [6.07, 6.45) is 1.73. The van der Waals surface area contributed by atoms with Crippen LogP contribution >= 0.6 is 0 Å². The molecule has 2 aromatic rings. The van der Waals surface area contributed by atoms with E-state index in [0.29, 0.717) is 25.7 Å². The number of benzene rings is 2. The van der Waals surface area contributed by atoms with Gasteiger partial charge in [0.2, 0.25) is 5.91 Å². The van der Waals surface area contributed by atoms with Crippen LogP contribution in [0.1, 0.15) is 56.6 Å². The van der Waals surface area contributed by atoms with Crippen molar-refractivity contribution >= 4 is 23.9 Å². The Bertz CT molecular complexity index is 1150. The Hall–Kier alpha value is -3.72. The number of alkyl carbamates (subject to hydrolysis) is 1. The van der Waals surface area contributed by atoms with E-state index in [-0.39, 0.29) is 37.6 Å². The molecule has 4 unspecified atom stereocenters. The number of ether oxygens (including phenoxy) is 2. The molecular formula is C30H36N2O7. The number of imide groups is 1. The van der Waals surface area contributed by atoms with Crippen molar-refractivity contribution in [2.75, 3.05) is 6.54 Å². The molecule has 0 aromatic heterocycles. The topological polar surface area (TPSA) is 122 Å². The standard InChI is InChI=1S/C30H36N2O7/c1-21(33)26(31-29(37)39-19-24-11-6-3-7-12-24)27(35)32-20-30(28(32)36)15-8-13-22(14-16-30)17-25(34)38-18-23-9-4-2-5-10-23/h2-7,9-12,21-22,26,33H,8,13-20H2,1H3,(H,31,37). The van der Waals surface area contributed by atoms with E-state index in [1.54, 1.807) is 12.1 Å². The lowest BCUT2D eigenvalue weighted by atomic mass is 9.72. The maximum atomic E-state index is 13.2. The Kier molecular flexibility index (Phi) is 9.35. The molecule has 39 heavy (non-hydrogen) atoms. The zero-order valence-corrected chi connectivity index (χ0v) is 22.2. The molecule has 9 nitrogen and oxygen atoms in total. The third-order valence-corrected chi connectivity index (χ3v) is 7.66. The molecule has 2 aromatic carbocycles. The van der Waals surface area contributed by atoms with Crippen LogP contribution in [0, 0.1) is 11.3 Å². The summed E-state index contributed by atoms with van der Waals surface area (Å²) in [4.78, 5) is 52.1. The summed E-state index contributed by atoms with van der Waals surface area (Å²) in [5.74, 6) is -1.06. The van der Waals surface area contributed by atoms with E-state index < -0.39 is 29.6 Å². The molecular weight excluding hydrogens is 500 g/mol. The molecule has 2 N–H and O–H groups in total. The van der Waals surface area contributed by atoms with Gasteiger partial charge in [0.25, 0.3) is 5.91 Å². The highest BCUT2D eigenvalue weighted by Gasteiger charge is 2.55. The lowest BCUT2D eigenvalue weighted by Crippen LogP contribution is -2.67. The number of likely N-dealkylation sites (tertiary alicyclic amines) is 1. The zero-order valence-electron chi connectivity index (χ0n) is 22.2. The molecule has 1 spiro atoms. The molecule has 3 amide bonds. The zero-order chi connectivity index (χ0) is 27.8. The molecule has 208 valence electrons. The summed E-state index contributed by atoms with van der Waals surface area (Å²) in [5.41, 5.74) is 1.07. The Morgan fingerprint density at radius 2 is 1.59 bits per heavy atom. The maximum Gasteiger partial charge on any atom is 0.408 e. The first kappa shape index (κ1) is 28.3. The molecule has 1 aliphatic heterocycles. The first-order valence-corrected chi connectivity index (χ1v) is 13.5. The summed E-state index contributed by atoms with van der Waals surface area (Å²) in [6, 6.07) is 17.3. The van der Waals surface area contributed by atoms with Gasteiger partial charge in [-0.3, -0.25) is 19.3 Å². The van der Waals surface area contributed by atoms with Crippen LogP contribution in [0.4, 0.5) is 4.79 Å². The quantitative estimate of drug-likeness (QED) is 0.370. The fourth-order valence-electron chi connectivity index (χ4n) is 5.35. The van der Waals surface area contributed by atoms with Crippen LogP contribution in [0.15, 0.2) is 60.7 Å². The second kappa shape index (κ2) is 12.9. The Balaban J connectivity index is 1.25. The summed E-state index contributed by atoms with van der Waals surface area (Å²) in [7, 11) is 0.